The highest BCUT2D eigenvalue weighted by atomic mass is 32.2. The number of hydrogen-bond acceptors (Lipinski definition) is 5. The van der Waals surface area contributed by atoms with E-state index in [1.165, 1.54) is 11.3 Å². The summed E-state index contributed by atoms with van der Waals surface area (Å²) >= 11 is 2.97. The van der Waals surface area contributed by atoms with Crippen molar-refractivity contribution < 1.29 is 9.59 Å². The van der Waals surface area contributed by atoms with Gasteiger partial charge >= 0.3 is 0 Å². The average molecular weight is 257 g/mol. The molecule has 1 aliphatic heterocycles. The summed E-state index contributed by atoms with van der Waals surface area (Å²) in [6.07, 6.45) is 2.10. The number of rotatable bonds is 2. The lowest BCUT2D eigenvalue weighted by Crippen LogP contribution is -2.44. The van der Waals surface area contributed by atoms with Crippen molar-refractivity contribution in [1.29, 1.82) is 0 Å². The van der Waals surface area contributed by atoms with Crippen LogP contribution >= 0.6 is 23.1 Å². The quantitative estimate of drug-likeness (QED) is 0.818. The highest BCUT2D eigenvalue weighted by Gasteiger charge is 2.23. The minimum absolute atomic E-state index is 0.0655. The van der Waals surface area contributed by atoms with E-state index in [1.54, 1.807) is 23.3 Å². The van der Waals surface area contributed by atoms with Gasteiger partial charge in [0.1, 0.15) is 6.04 Å². The number of anilines is 1. The second-order valence-corrected chi connectivity index (χ2v) is 5.32. The molecule has 1 aromatic rings. The van der Waals surface area contributed by atoms with E-state index in [1.807, 2.05) is 0 Å². The van der Waals surface area contributed by atoms with Gasteiger partial charge in [0.15, 0.2) is 5.13 Å². The Balaban J connectivity index is 1.95. The summed E-state index contributed by atoms with van der Waals surface area (Å²) in [6, 6.07) is -0.455. The molecule has 1 aromatic heterocycles. The Kier molecular flexibility index (Phi) is 3.79. The van der Waals surface area contributed by atoms with Gasteiger partial charge in [-0.1, -0.05) is 0 Å². The van der Waals surface area contributed by atoms with Crippen LogP contribution in [0.4, 0.5) is 5.13 Å². The monoisotopic (exact) mass is 257 g/mol. The molecule has 2 rings (SSSR count). The largest absolute Gasteiger partial charge is 0.343 e. The summed E-state index contributed by atoms with van der Waals surface area (Å²) in [5.41, 5.74) is 0. The van der Waals surface area contributed by atoms with Crippen molar-refractivity contribution in [3.63, 3.8) is 0 Å². The van der Waals surface area contributed by atoms with E-state index >= 15 is 0 Å². The lowest BCUT2D eigenvalue weighted by atomic mass is 10.3. The first-order valence-corrected chi connectivity index (χ1v) is 6.86. The summed E-state index contributed by atoms with van der Waals surface area (Å²) in [4.78, 5) is 27.0. The Hall–Kier alpha value is -1.08. The zero-order valence-corrected chi connectivity index (χ0v) is 10.1. The van der Waals surface area contributed by atoms with Gasteiger partial charge in [0, 0.05) is 29.5 Å². The molecule has 0 radical (unpaired) electrons. The summed E-state index contributed by atoms with van der Waals surface area (Å²) in [7, 11) is 0. The summed E-state index contributed by atoms with van der Waals surface area (Å²) in [6.45, 7) is 0. The van der Waals surface area contributed by atoms with Crippen LogP contribution in [0.2, 0.25) is 0 Å². The zero-order chi connectivity index (χ0) is 11.4. The van der Waals surface area contributed by atoms with Crippen molar-refractivity contribution in [2.75, 3.05) is 16.8 Å². The van der Waals surface area contributed by atoms with E-state index in [4.69, 9.17) is 0 Å². The normalized spacial score (nSPS) is 21.0. The Morgan fingerprint density at radius 1 is 1.62 bits per heavy atom. The summed E-state index contributed by atoms with van der Waals surface area (Å²) < 4.78 is 0. The Morgan fingerprint density at radius 3 is 3.25 bits per heavy atom. The van der Waals surface area contributed by atoms with Gasteiger partial charge in [-0.3, -0.25) is 9.59 Å². The summed E-state index contributed by atoms with van der Waals surface area (Å²) in [5.74, 6) is 1.12. The molecule has 1 fully saturated rings. The number of hydrogen-bond donors (Lipinski definition) is 2. The number of carbonyl (C=O) groups is 2. The van der Waals surface area contributed by atoms with Crippen molar-refractivity contribution in [2.24, 2.45) is 0 Å². The molecular formula is C9H11N3O2S2. The van der Waals surface area contributed by atoms with E-state index < -0.39 is 6.04 Å². The second kappa shape index (κ2) is 5.31. The predicted molar refractivity (Wildman–Crippen MR) is 64.6 cm³/mol. The van der Waals surface area contributed by atoms with E-state index in [9.17, 15) is 9.59 Å². The molecule has 2 heterocycles. The van der Waals surface area contributed by atoms with Crippen molar-refractivity contribution >= 4 is 40.0 Å². The maximum atomic E-state index is 11.8. The van der Waals surface area contributed by atoms with Crippen molar-refractivity contribution in [2.45, 2.75) is 12.5 Å². The standard InChI is InChI=1S/C9H11N3O2S2/c13-7-1-3-15-5-6(11-7)8(14)12-9-10-2-4-16-9/h2,4,6H,1,3,5H2,(H,11,13)(H,10,12,14). The molecule has 2 N–H and O–H groups in total. The number of nitrogens with one attached hydrogen (secondary N) is 2. The number of amides is 2. The van der Waals surface area contributed by atoms with Crippen LogP contribution in [0.15, 0.2) is 11.6 Å². The molecule has 1 saturated heterocycles. The SMILES string of the molecule is O=C1CCSCC(C(=O)Nc2nccs2)N1. The third-order valence-electron chi connectivity index (χ3n) is 2.07. The zero-order valence-electron chi connectivity index (χ0n) is 8.43. The third-order valence-corrected chi connectivity index (χ3v) is 3.82. The van der Waals surface area contributed by atoms with Crippen molar-refractivity contribution in [1.82, 2.24) is 10.3 Å². The number of aromatic nitrogens is 1. The van der Waals surface area contributed by atoms with Crippen LogP contribution < -0.4 is 10.6 Å². The molecular weight excluding hydrogens is 246 g/mol. The van der Waals surface area contributed by atoms with Crippen LogP contribution in [0, 0.1) is 0 Å². The van der Waals surface area contributed by atoms with Gasteiger partial charge in [0.05, 0.1) is 0 Å². The van der Waals surface area contributed by atoms with E-state index in [0.29, 0.717) is 17.3 Å². The first-order valence-electron chi connectivity index (χ1n) is 4.83. The molecule has 0 aliphatic carbocycles. The molecule has 0 bridgehead atoms. The first kappa shape index (κ1) is 11.4. The van der Waals surface area contributed by atoms with Crippen molar-refractivity contribution in [3.8, 4) is 0 Å². The first-order chi connectivity index (χ1) is 7.75. The fourth-order valence-corrected chi connectivity index (χ4v) is 2.79. The minimum Gasteiger partial charge on any atom is -0.343 e. The highest BCUT2D eigenvalue weighted by molar-refractivity contribution is 7.99. The highest BCUT2D eigenvalue weighted by Crippen LogP contribution is 2.14. The van der Waals surface area contributed by atoms with E-state index in [0.717, 1.165) is 5.75 Å². The lowest BCUT2D eigenvalue weighted by molar-refractivity contribution is -0.125. The molecule has 0 aromatic carbocycles. The molecule has 1 aliphatic rings. The lowest BCUT2D eigenvalue weighted by Gasteiger charge is -2.13. The van der Waals surface area contributed by atoms with E-state index in [-0.39, 0.29) is 11.8 Å². The van der Waals surface area contributed by atoms with E-state index in [2.05, 4.69) is 15.6 Å². The minimum atomic E-state index is -0.455. The van der Waals surface area contributed by atoms with Gasteiger partial charge in [0.25, 0.3) is 0 Å². The van der Waals surface area contributed by atoms with Gasteiger partial charge in [-0.05, 0) is 0 Å². The third kappa shape index (κ3) is 2.96. The fourth-order valence-electron chi connectivity index (χ4n) is 1.29. The van der Waals surface area contributed by atoms with Crippen LogP contribution in [0.3, 0.4) is 0 Å². The van der Waals surface area contributed by atoms with Gasteiger partial charge in [0.2, 0.25) is 11.8 Å². The Labute approximate surface area is 101 Å². The number of thioether (sulfide) groups is 1. The Bertz CT molecular complexity index is 380. The molecule has 0 spiro atoms. The van der Waals surface area contributed by atoms with Crippen LogP contribution in [0.5, 0.6) is 0 Å². The molecule has 1 unspecified atom stereocenters. The predicted octanol–water partition coefficient (Wildman–Crippen LogP) is 0.703. The topological polar surface area (TPSA) is 71.1 Å². The number of carbonyl (C=O) groups excluding carboxylic acids is 2. The molecule has 2 amide bonds. The van der Waals surface area contributed by atoms with Gasteiger partial charge in [-0.2, -0.15) is 11.8 Å². The molecule has 7 heteroatoms. The smallest absolute Gasteiger partial charge is 0.249 e. The Morgan fingerprint density at radius 2 is 2.50 bits per heavy atom. The number of thiazole rings is 1. The molecule has 16 heavy (non-hydrogen) atoms. The molecule has 86 valence electrons. The van der Waals surface area contributed by atoms with Gasteiger partial charge < -0.3 is 10.6 Å². The fraction of sp³-hybridized carbons (Fsp3) is 0.444. The molecule has 5 nitrogen and oxygen atoms in total. The van der Waals surface area contributed by atoms with Crippen LogP contribution in [0.25, 0.3) is 0 Å². The van der Waals surface area contributed by atoms with Crippen molar-refractivity contribution in [3.05, 3.63) is 11.6 Å². The van der Waals surface area contributed by atoms with Crippen LogP contribution in [-0.4, -0.2) is 34.3 Å². The molecule has 1 atom stereocenters. The average Bonchev–Trinajstić information content (AvgIpc) is 2.65. The number of nitrogens with zero attached hydrogens (tertiary/aromatic N) is 1. The molecule has 0 saturated carbocycles. The second-order valence-electron chi connectivity index (χ2n) is 3.27. The maximum Gasteiger partial charge on any atom is 0.249 e. The van der Waals surface area contributed by atoms with Crippen LogP contribution in [-0.2, 0) is 9.59 Å². The summed E-state index contributed by atoms with van der Waals surface area (Å²) in [5, 5.41) is 7.73. The van der Waals surface area contributed by atoms with Crippen LogP contribution in [0.1, 0.15) is 6.42 Å². The van der Waals surface area contributed by atoms with Gasteiger partial charge in [-0.15, -0.1) is 11.3 Å². The van der Waals surface area contributed by atoms with Gasteiger partial charge in [-0.25, -0.2) is 4.98 Å². The maximum absolute atomic E-state index is 11.8.